The van der Waals surface area contributed by atoms with Crippen molar-refractivity contribution in [3.05, 3.63) is 0 Å². The molecule has 2 heteroatoms. The Kier molecular flexibility index (Phi) is 28.9. The fourth-order valence-corrected chi connectivity index (χ4v) is 9.79. The summed E-state index contributed by atoms with van der Waals surface area (Å²) in [4.78, 5) is 0. The van der Waals surface area contributed by atoms with E-state index in [4.69, 9.17) is 0 Å². The molecule has 0 aromatic rings. The van der Waals surface area contributed by atoms with Crippen LogP contribution >= 0.6 is 7.26 Å². The van der Waals surface area contributed by atoms with Crippen LogP contribution in [0.1, 0.15) is 156 Å². The summed E-state index contributed by atoms with van der Waals surface area (Å²) in [6.07, 6.45) is 36.1. The van der Waals surface area contributed by atoms with Gasteiger partial charge in [-0.1, -0.05) is 105 Å². The van der Waals surface area contributed by atoms with Gasteiger partial charge in [-0.3, -0.25) is 0 Å². The molecular weight excluding hydrogens is 447 g/mol. The first-order valence-corrected chi connectivity index (χ1v) is 16.6. The van der Waals surface area contributed by atoms with Crippen LogP contribution in [0.15, 0.2) is 0 Å². The molecule has 0 saturated heterocycles. The molecule has 0 heterocycles. The SMILES string of the molecule is CCCCCCC[P+](CCCCCCC)(CCCCCCC)CCCCCCC.[Br-]. The number of halogens is 1. The third kappa shape index (κ3) is 20.8. The molecule has 0 aliphatic heterocycles. The molecule has 0 atom stereocenters. The van der Waals surface area contributed by atoms with Crippen molar-refractivity contribution in [1.29, 1.82) is 0 Å². The Labute approximate surface area is 204 Å². The van der Waals surface area contributed by atoms with E-state index in [0.29, 0.717) is 0 Å². The zero-order valence-corrected chi connectivity index (χ0v) is 24.3. The van der Waals surface area contributed by atoms with Crippen LogP contribution in [-0.4, -0.2) is 24.6 Å². The highest BCUT2D eigenvalue weighted by Gasteiger charge is 2.34. The maximum Gasteiger partial charge on any atom is 0.0594 e. The van der Waals surface area contributed by atoms with Gasteiger partial charge in [0.05, 0.1) is 24.6 Å². The van der Waals surface area contributed by atoms with Gasteiger partial charge in [-0.05, 0) is 51.4 Å². The third-order valence-electron chi connectivity index (χ3n) is 6.94. The predicted octanol–water partition coefficient (Wildman–Crippen LogP) is 7.89. The number of hydrogen-bond donors (Lipinski definition) is 0. The molecule has 0 rings (SSSR count). The lowest BCUT2D eigenvalue weighted by molar-refractivity contribution is -0.00000668. The molecule has 0 radical (unpaired) electrons. The van der Waals surface area contributed by atoms with Crippen molar-refractivity contribution in [2.45, 2.75) is 156 Å². The van der Waals surface area contributed by atoms with Crippen LogP contribution < -0.4 is 17.0 Å². The summed E-state index contributed by atoms with van der Waals surface area (Å²) in [5.41, 5.74) is 0. The highest BCUT2D eigenvalue weighted by molar-refractivity contribution is 7.75. The van der Waals surface area contributed by atoms with E-state index in [9.17, 15) is 0 Å². The van der Waals surface area contributed by atoms with E-state index >= 15 is 0 Å². The van der Waals surface area contributed by atoms with Gasteiger partial charge in [0.25, 0.3) is 0 Å². The first kappa shape index (κ1) is 33.1. The minimum absolute atomic E-state index is 0. The molecule has 0 bridgehead atoms. The van der Waals surface area contributed by atoms with Crippen molar-refractivity contribution in [3.63, 3.8) is 0 Å². The summed E-state index contributed by atoms with van der Waals surface area (Å²) in [5.74, 6) is 0. The zero-order chi connectivity index (χ0) is 21.5. The molecule has 0 fully saturated rings. The number of rotatable bonds is 24. The van der Waals surface area contributed by atoms with E-state index in [1.165, 1.54) is 103 Å². The number of hydrogen-bond acceptors (Lipinski definition) is 0. The van der Waals surface area contributed by atoms with Crippen LogP contribution in [0.2, 0.25) is 0 Å². The molecule has 0 aromatic carbocycles. The quantitative estimate of drug-likeness (QED) is 0.0920. The Bertz CT molecular complexity index is 244. The lowest BCUT2D eigenvalue weighted by Crippen LogP contribution is -3.00. The van der Waals surface area contributed by atoms with Crippen molar-refractivity contribution in [1.82, 2.24) is 0 Å². The van der Waals surface area contributed by atoms with Gasteiger partial charge in [0.2, 0.25) is 0 Å². The first-order chi connectivity index (χ1) is 14.2. The third-order valence-corrected chi connectivity index (χ3v) is 12.0. The lowest BCUT2D eigenvalue weighted by atomic mass is 10.2. The zero-order valence-electron chi connectivity index (χ0n) is 21.8. The first-order valence-electron chi connectivity index (χ1n) is 14.1. The van der Waals surface area contributed by atoms with Gasteiger partial charge < -0.3 is 17.0 Å². The van der Waals surface area contributed by atoms with Gasteiger partial charge in [-0.25, -0.2) is 0 Å². The summed E-state index contributed by atoms with van der Waals surface area (Å²) < 4.78 is 0. The second-order valence-corrected chi connectivity index (χ2v) is 14.4. The normalized spacial score (nSPS) is 11.6. The molecule has 0 amide bonds. The van der Waals surface area contributed by atoms with Gasteiger partial charge in [0, 0.05) is 7.26 Å². The van der Waals surface area contributed by atoms with Crippen molar-refractivity contribution in [2.75, 3.05) is 24.6 Å². The van der Waals surface area contributed by atoms with E-state index in [-0.39, 0.29) is 17.0 Å². The molecule has 0 unspecified atom stereocenters. The van der Waals surface area contributed by atoms with Crippen LogP contribution in [0.5, 0.6) is 0 Å². The van der Waals surface area contributed by atoms with Gasteiger partial charge in [-0.15, -0.1) is 0 Å². The van der Waals surface area contributed by atoms with Crippen molar-refractivity contribution >= 4 is 7.26 Å². The van der Waals surface area contributed by atoms with Crippen LogP contribution in [0.3, 0.4) is 0 Å². The van der Waals surface area contributed by atoms with Gasteiger partial charge in [0.1, 0.15) is 0 Å². The number of unbranched alkanes of at least 4 members (excludes halogenated alkanes) is 16. The average molecular weight is 508 g/mol. The largest absolute Gasteiger partial charge is 1.00 e. The summed E-state index contributed by atoms with van der Waals surface area (Å²) in [7, 11) is -0.691. The van der Waals surface area contributed by atoms with Crippen LogP contribution in [0, 0.1) is 0 Å². The van der Waals surface area contributed by atoms with Gasteiger partial charge in [0.15, 0.2) is 0 Å². The van der Waals surface area contributed by atoms with Gasteiger partial charge in [-0.2, -0.15) is 0 Å². The second kappa shape index (κ2) is 26.2. The highest BCUT2D eigenvalue weighted by atomic mass is 79.9. The summed E-state index contributed by atoms with van der Waals surface area (Å²) >= 11 is 0. The Hall–Kier alpha value is 0.910. The molecule has 0 N–H and O–H groups in total. The highest BCUT2D eigenvalue weighted by Crippen LogP contribution is 2.61. The maximum atomic E-state index is 2.35. The molecule has 0 saturated carbocycles. The summed E-state index contributed by atoms with van der Waals surface area (Å²) in [6, 6.07) is 0. The Balaban J connectivity index is 0. The predicted molar refractivity (Wildman–Crippen MR) is 141 cm³/mol. The van der Waals surface area contributed by atoms with E-state index < -0.39 is 7.26 Å². The van der Waals surface area contributed by atoms with E-state index in [1.54, 1.807) is 50.3 Å². The fourth-order valence-electron chi connectivity index (χ4n) is 4.87. The second-order valence-electron chi connectivity index (χ2n) is 9.89. The molecule has 0 aromatic heterocycles. The van der Waals surface area contributed by atoms with Crippen LogP contribution in [0.25, 0.3) is 0 Å². The molecule has 184 valence electrons. The van der Waals surface area contributed by atoms with E-state index in [1.807, 2.05) is 0 Å². The van der Waals surface area contributed by atoms with Crippen molar-refractivity contribution < 1.29 is 17.0 Å². The molecule has 0 aliphatic carbocycles. The van der Waals surface area contributed by atoms with Crippen LogP contribution in [-0.2, 0) is 0 Å². The lowest BCUT2D eigenvalue weighted by Gasteiger charge is -2.28. The Morgan fingerprint density at radius 2 is 0.500 bits per heavy atom. The Morgan fingerprint density at radius 3 is 0.700 bits per heavy atom. The minimum Gasteiger partial charge on any atom is -1.00 e. The van der Waals surface area contributed by atoms with E-state index in [2.05, 4.69) is 27.7 Å². The standard InChI is InChI=1S/C28H60P.BrH/c1-5-9-13-17-21-25-29(26-22-18-14-10-6-2,27-23-19-15-11-7-3)28-24-20-16-12-8-4;/h5-28H2,1-4H3;1H/q+1;/p-1. The maximum absolute atomic E-state index is 2.35. The van der Waals surface area contributed by atoms with Crippen LogP contribution in [0.4, 0.5) is 0 Å². The fraction of sp³-hybridized carbons (Fsp3) is 1.00. The minimum atomic E-state index is -0.691. The summed E-state index contributed by atoms with van der Waals surface area (Å²) in [6.45, 7) is 9.39. The smallest absolute Gasteiger partial charge is 0.0594 e. The van der Waals surface area contributed by atoms with Crippen molar-refractivity contribution in [3.8, 4) is 0 Å². The summed E-state index contributed by atoms with van der Waals surface area (Å²) in [5, 5.41) is 0. The molecule has 0 nitrogen and oxygen atoms in total. The topological polar surface area (TPSA) is 0 Å². The molecular formula is C28H60BrP. The average Bonchev–Trinajstić information content (AvgIpc) is 2.73. The molecule has 30 heavy (non-hydrogen) atoms. The monoisotopic (exact) mass is 506 g/mol. The van der Waals surface area contributed by atoms with Gasteiger partial charge >= 0.3 is 0 Å². The Morgan fingerprint density at radius 1 is 0.300 bits per heavy atom. The van der Waals surface area contributed by atoms with Crippen molar-refractivity contribution in [2.24, 2.45) is 0 Å². The molecule has 0 aliphatic rings. The van der Waals surface area contributed by atoms with E-state index in [0.717, 1.165) is 0 Å². The molecule has 0 spiro atoms.